The van der Waals surface area contributed by atoms with Crippen LogP contribution in [0.5, 0.6) is 0 Å². The molecule has 2 fully saturated rings. The van der Waals surface area contributed by atoms with Crippen LogP contribution in [0.2, 0.25) is 0 Å². The number of hydrogen-bond donors (Lipinski definition) is 3. The Morgan fingerprint density at radius 2 is 1.83 bits per heavy atom. The lowest BCUT2D eigenvalue weighted by Gasteiger charge is -2.37. The summed E-state index contributed by atoms with van der Waals surface area (Å²) in [7, 11) is 6.60. The van der Waals surface area contributed by atoms with Gasteiger partial charge in [0.15, 0.2) is 0 Å². The number of aryl methyl sites for hydroxylation is 1. The summed E-state index contributed by atoms with van der Waals surface area (Å²) in [5.74, 6) is -1.74. The molecule has 0 saturated carbocycles. The van der Waals surface area contributed by atoms with Gasteiger partial charge in [0.05, 0.1) is 40.8 Å². The highest BCUT2D eigenvalue weighted by molar-refractivity contribution is 7.10. The maximum atomic E-state index is 14.6. The van der Waals surface area contributed by atoms with Gasteiger partial charge in [0.25, 0.3) is 5.91 Å². The number of aromatic nitrogens is 3. The van der Waals surface area contributed by atoms with Gasteiger partial charge < -0.3 is 39.4 Å². The number of fused-ring (bicyclic) bond motifs is 6. The van der Waals surface area contributed by atoms with Crippen molar-refractivity contribution in [3.8, 4) is 22.5 Å². The fourth-order valence-corrected chi connectivity index (χ4v) is 9.99. The first-order chi connectivity index (χ1) is 31.4. The predicted molar refractivity (Wildman–Crippen MR) is 253 cm³/mol. The van der Waals surface area contributed by atoms with E-state index in [1.54, 1.807) is 39.3 Å². The molecule has 4 aromatic rings. The molecule has 3 aliphatic rings. The molecule has 356 valence electrons. The number of likely N-dealkylation sites (N-methyl/N-ethyl adjacent to an activating group) is 3. The molecule has 7 rings (SSSR count). The first kappa shape index (κ1) is 48.5. The minimum Gasteiger partial charge on any atom is -0.464 e. The number of thiazole rings is 1. The van der Waals surface area contributed by atoms with E-state index < -0.39 is 47.4 Å². The van der Waals surface area contributed by atoms with Gasteiger partial charge in [0.2, 0.25) is 11.8 Å². The van der Waals surface area contributed by atoms with E-state index in [9.17, 15) is 24.0 Å². The van der Waals surface area contributed by atoms with E-state index in [4.69, 9.17) is 19.4 Å². The summed E-state index contributed by atoms with van der Waals surface area (Å²) in [6, 6.07) is 7.00. The third-order valence-corrected chi connectivity index (χ3v) is 13.8. The van der Waals surface area contributed by atoms with Crippen molar-refractivity contribution in [2.45, 2.75) is 104 Å². The second-order valence-corrected chi connectivity index (χ2v) is 19.9. The van der Waals surface area contributed by atoms with E-state index in [1.807, 2.05) is 32.2 Å². The van der Waals surface area contributed by atoms with Crippen LogP contribution in [-0.2, 0) is 48.0 Å². The van der Waals surface area contributed by atoms with Crippen LogP contribution in [0.25, 0.3) is 33.4 Å². The molecule has 3 aromatic heterocycles. The normalized spacial score (nSPS) is 20.6. The lowest BCUT2D eigenvalue weighted by molar-refractivity contribution is -0.155. The van der Waals surface area contributed by atoms with E-state index in [2.05, 4.69) is 65.7 Å². The van der Waals surface area contributed by atoms with Crippen LogP contribution in [0.15, 0.2) is 41.9 Å². The molecule has 3 N–H and O–H groups in total. The van der Waals surface area contributed by atoms with Crippen molar-refractivity contribution in [3.63, 3.8) is 0 Å². The fourth-order valence-electron chi connectivity index (χ4n) is 9.14. The zero-order chi connectivity index (χ0) is 47.6. The average Bonchev–Trinajstić information content (AvgIpc) is 3.98. The molecular formula is C48H66N10O7S. The molecule has 5 amide bonds. The molecule has 3 aliphatic heterocycles. The summed E-state index contributed by atoms with van der Waals surface area (Å²) in [4.78, 5) is 83.6. The number of urea groups is 1. The predicted octanol–water partition coefficient (Wildman–Crippen LogP) is 4.64. The number of cyclic esters (lactones) is 1. The highest BCUT2D eigenvalue weighted by Crippen LogP contribution is 2.42. The number of hydrazine groups is 1. The monoisotopic (exact) mass is 926 g/mol. The van der Waals surface area contributed by atoms with Gasteiger partial charge in [-0.15, -0.1) is 11.3 Å². The molecule has 0 radical (unpaired) electrons. The highest BCUT2D eigenvalue weighted by atomic mass is 32.1. The Balaban J connectivity index is 1.23. The van der Waals surface area contributed by atoms with Gasteiger partial charge in [0.1, 0.15) is 18.1 Å². The molecule has 0 spiro atoms. The Bertz CT molecular complexity index is 2450. The fraction of sp³-hybridized carbons (Fsp3) is 0.562. The number of pyridine rings is 1. The van der Waals surface area contributed by atoms with Crippen LogP contribution < -0.4 is 16.1 Å². The molecule has 0 aliphatic carbocycles. The molecule has 66 heavy (non-hydrogen) atoms. The Hall–Kier alpha value is -5.43. The van der Waals surface area contributed by atoms with Crippen LogP contribution >= 0.6 is 11.3 Å². The molecule has 6 heterocycles. The van der Waals surface area contributed by atoms with Crippen LogP contribution in [0.1, 0.15) is 76.8 Å². The standard InChI is InChI=1S/C48H66N10O7S/c1-11-57-38-17-16-30-22-32(38)33(42(57)31-14-12-18-49-40(31)29(4)64-10)24-48(5,6)27-65-46(62)34-15-13-19-58(53-34)45(61)35(23-39-51-37(30)26-66-39)52-43(59)41(28(2)3)56(9)47(63)55(8)21-20-54(7)44(60)36-25-50-36/h12,14,16-18,22,26,28-29,34-36,41,50,53H,11,13,15,19-21,23-25,27H2,1-10H3,(H,52,59)/t29-,34-,35-,36-,41-/m0/s1. The highest BCUT2D eigenvalue weighted by Gasteiger charge is 2.39. The zero-order valence-corrected chi connectivity index (χ0v) is 40.8. The molecule has 17 nitrogen and oxygen atoms in total. The van der Waals surface area contributed by atoms with Crippen molar-refractivity contribution in [1.29, 1.82) is 0 Å². The molecule has 6 bridgehead atoms. The zero-order valence-electron chi connectivity index (χ0n) is 40.0. The number of carbonyl (C=O) groups excluding carboxylic acids is 5. The Labute approximate surface area is 391 Å². The number of esters is 1. The van der Waals surface area contributed by atoms with Crippen LogP contribution in [-0.4, -0.2) is 149 Å². The minimum atomic E-state index is -1.09. The van der Waals surface area contributed by atoms with Crippen molar-refractivity contribution in [3.05, 3.63) is 58.2 Å². The van der Waals surface area contributed by atoms with Crippen molar-refractivity contribution < 1.29 is 33.4 Å². The molecule has 2 saturated heterocycles. The number of carbonyl (C=O) groups is 5. The van der Waals surface area contributed by atoms with E-state index in [0.29, 0.717) is 50.4 Å². The second kappa shape index (κ2) is 20.2. The van der Waals surface area contributed by atoms with Gasteiger partial charge in [-0.3, -0.25) is 29.2 Å². The minimum absolute atomic E-state index is 0.0275. The Morgan fingerprint density at radius 1 is 1.09 bits per heavy atom. The van der Waals surface area contributed by atoms with Crippen molar-refractivity contribution in [1.82, 2.24) is 50.3 Å². The van der Waals surface area contributed by atoms with Crippen molar-refractivity contribution >= 4 is 52.0 Å². The van der Waals surface area contributed by atoms with Gasteiger partial charge in [-0.1, -0.05) is 33.8 Å². The second-order valence-electron chi connectivity index (χ2n) is 19.0. The summed E-state index contributed by atoms with van der Waals surface area (Å²) in [5.41, 5.74) is 9.24. The largest absolute Gasteiger partial charge is 0.464 e. The van der Waals surface area contributed by atoms with E-state index in [-0.39, 0.29) is 43.5 Å². The first-order valence-electron chi connectivity index (χ1n) is 23.0. The summed E-state index contributed by atoms with van der Waals surface area (Å²) in [6.45, 7) is 14.4. The summed E-state index contributed by atoms with van der Waals surface area (Å²) in [5, 5.41) is 11.1. The van der Waals surface area contributed by atoms with Crippen LogP contribution in [0, 0.1) is 11.3 Å². The maximum Gasteiger partial charge on any atom is 0.324 e. The number of hydrogen-bond acceptors (Lipinski definition) is 12. The van der Waals surface area contributed by atoms with Gasteiger partial charge in [0, 0.05) is 106 Å². The average molecular weight is 927 g/mol. The third-order valence-electron chi connectivity index (χ3n) is 13.0. The van der Waals surface area contributed by atoms with E-state index in [1.165, 1.54) is 26.1 Å². The van der Waals surface area contributed by atoms with E-state index in [0.717, 1.165) is 44.7 Å². The van der Waals surface area contributed by atoms with Gasteiger partial charge >= 0.3 is 12.0 Å². The van der Waals surface area contributed by atoms with Crippen LogP contribution in [0.3, 0.4) is 0 Å². The molecule has 18 heteroatoms. The summed E-state index contributed by atoms with van der Waals surface area (Å²) >= 11 is 1.40. The Kier molecular flexibility index (Phi) is 14.8. The quantitative estimate of drug-likeness (QED) is 0.133. The third kappa shape index (κ3) is 10.4. The lowest BCUT2D eigenvalue weighted by Crippen LogP contribution is -2.62. The molecular weight excluding hydrogens is 861 g/mol. The number of ether oxygens (including phenoxy) is 2. The van der Waals surface area contributed by atoms with Crippen LogP contribution in [0.4, 0.5) is 4.79 Å². The summed E-state index contributed by atoms with van der Waals surface area (Å²) < 4.78 is 14.2. The number of benzene rings is 1. The SMILES string of the molecule is CCn1c(-c2cccnc2[C@H](C)OC)c2c3cc(ccc31)-c1csc(n1)C[C@H](NC(=O)[C@H](C(C)C)N(C)C(=O)N(C)CCN(C)C(=O)[C@@H]1CN1)C(=O)N1CCC[C@H](N1)C(=O)OCC(C)(C)C2. The topological polar surface area (TPSA) is 193 Å². The number of methoxy groups -OCH3 is 1. The number of rotatable bonds is 12. The Morgan fingerprint density at radius 3 is 2.53 bits per heavy atom. The maximum absolute atomic E-state index is 14.6. The first-order valence-corrected chi connectivity index (χ1v) is 23.9. The van der Waals surface area contributed by atoms with Crippen molar-refractivity contribution in [2.75, 3.05) is 61.0 Å². The van der Waals surface area contributed by atoms with Crippen molar-refractivity contribution in [2.24, 2.45) is 11.3 Å². The molecule has 0 unspecified atom stereocenters. The molecule has 5 atom stereocenters. The smallest absolute Gasteiger partial charge is 0.324 e. The van der Waals surface area contributed by atoms with Gasteiger partial charge in [-0.25, -0.2) is 15.2 Å². The number of nitrogens with zero attached hydrogens (tertiary/aromatic N) is 7. The van der Waals surface area contributed by atoms with Gasteiger partial charge in [-0.2, -0.15) is 0 Å². The molecule has 1 aromatic carbocycles. The number of nitrogens with one attached hydrogen (secondary N) is 3. The van der Waals surface area contributed by atoms with E-state index >= 15 is 0 Å². The lowest BCUT2D eigenvalue weighted by atomic mass is 9.84. The number of amides is 5. The van der Waals surface area contributed by atoms with Gasteiger partial charge in [-0.05, 0) is 68.9 Å². The summed E-state index contributed by atoms with van der Waals surface area (Å²) in [6.07, 6.45) is 3.18.